The molecule has 6 nitrogen and oxygen atoms in total. The van der Waals surface area contributed by atoms with Gasteiger partial charge in [0, 0.05) is 24.7 Å². The summed E-state index contributed by atoms with van der Waals surface area (Å²) in [5.41, 5.74) is 2.36. The fraction of sp³-hybridized carbons (Fsp3) is 0.385. The standard InChI is InChI=1S/C26H30FN3O3/c1-28-15-23-14-25(30(29-23)16-19-7-5-6-8-19)32-18-22-13-21(11-12-24(22)27)26(31)33-17-20-9-3-2-4-10-20/h2-4,9-14,19,28H,5-8,15-18H2,1H3. The van der Waals surface area contributed by atoms with Crippen LogP contribution < -0.4 is 10.1 Å². The summed E-state index contributed by atoms with van der Waals surface area (Å²) in [6.45, 7) is 1.59. The number of halogens is 1. The Kier molecular flexibility index (Phi) is 7.73. The van der Waals surface area contributed by atoms with Gasteiger partial charge in [-0.1, -0.05) is 43.2 Å². The Bertz CT molecular complexity index is 1060. The summed E-state index contributed by atoms with van der Waals surface area (Å²) >= 11 is 0. The van der Waals surface area contributed by atoms with E-state index in [2.05, 4.69) is 10.4 Å². The molecular formula is C26H30FN3O3. The van der Waals surface area contributed by atoms with E-state index in [1.807, 2.05) is 48.1 Å². The molecule has 1 N–H and O–H groups in total. The minimum atomic E-state index is -0.498. The number of esters is 1. The van der Waals surface area contributed by atoms with E-state index in [1.165, 1.54) is 43.9 Å². The Balaban J connectivity index is 1.42. The molecule has 1 aliphatic rings. The van der Waals surface area contributed by atoms with Gasteiger partial charge in [-0.3, -0.25) is 0 Å². The van der Waals surface area contributed by atoms with Crippen molar-refractivity contribution in [1.29, 1.82) is 0 Å². The molecule has 0 saturated heterocycles. The average molecular weight is 452 g/mol. The summed E-state index contributed by atoms with van der Waals surface area (Å²) in [6, 6.07) is 15.5. The average Bonchev–Trinajstić information content (AvgIpc) is 3.48. The van der Waals surface area contributed by atoms with Crippen LogP contribution in [0.5, 0.6) is 5.88 Å². The van der Waals surface area contributed by atoms with Crippen molar-refractivity contribution in [2.45, 2.75) is 52.0 Å². The number of hydrogen-bond acceptors (Lipinski definition) is 5. The Morgan fingerprint density at radius 2 is 1.91 bits per heavy atom. The smallest absolute Gasteiger partial charge is 0.338 e. The Hall–Kier alpha value is -3.19. The summed E-state index contributed by atoms with van der Waals surface area (Å²) in [4.78, 5) is 12.5. The summed E-state index contributed by atoms with van der Waals surface area (Å²) < 4.78 is 27.7. The van der Waals surface area contributed by atoms with Crippen molar-refractivity contribution in [3.63, 3.8) is 0 Å². The fourth-order valence-electron chi connectivity index (χ4n) is 4.17. The van der Waals surface area contributed by atoms with Gasteiger partial charge in [0.05, 0.1) is 11.3 Å². The Morgan fingerprint density at radius 1 is 1.12 bits per heavy atom. The molecule has 7 heteroatoms. The Morgan fingerprint density at radius 3 is 2.67 bits per heavy atom. The van der Waals surface area contributed by atoms with E-state index in [0.29, 0.717) is 29.5 Å². The van der Waals surface area contributed by atoms with Crippen LogP contribution in [-0.2, 0) is 31.0 Å². The summed E-state index contributed by atoms with van der Waals surface area (Å²) in [5, 5.41) is 7.76. The molecule has 3 aromatic rings. The normalized spacial score (nSPS) is 13.9. The summed E-state index contributed by atoms with van der Waals surface area (Å²) in [7, 11) is 1.87. The van der Waals surface area contributed by atoms with Crippen molar-refractivity contribution in [2.24, 2.45) is 5.92 Å². The lowest BCUT2D eigenvalue weighted by Gasteiger charge is -2.13. The molecule has 0 unspecified atom stereocenters. The van der Waals surface area contributed by atoms with E-state index in [-0.39, 0.29) is 13.2 Å². The molecule has 0 aliphatic heterocycles. The lowest BCUT2D eigenvalue weighted by atomic mass is 10.1. The molecule has 1 saturated carbocycles. The van der Waals surface area contributed by atoms with Gasteiger partial charge in [0.1, 0.15) is 19.0 Å². The third kappa shape index (κ3) is 6.20. The number of carbonyl (C=O) groups is 1. The number of hydrogen-bond donors (Lipinski definition) is 1. The summed E-state index contributed by atoms with van der Waals surface area (Å²) in [6.07, 6.45) is 4.90. The molecule has 0 radical (unpaired) electrons. The predicted octanol–water partition coefficient (Wildman–Crippen LogP) is 4.87. The number of nitrogens with zero attached hydrogens (tertiary/aromatic N) is 2. The van der Waals surface area contributed by atoms with Crippen LogP contribution in [0.25, 0.3) is 0 Å². The maximum absolute atomic E-state index is 14.5. The monoisotopic (exact) mass is 451 g/mol. The molecule has 1 aliphatic carbocycles. The first-order chi connectivity index (χ1) is 16.1. The summed E-state index contributed by atoms with van der Waals surface area (Å²) in [5.74, 6) is 0.285. The second-order valence-electron chi connectivity index (χ2n) is 8.49. The molecule has 0 spiro atoms. The third-order valence-corrected chi connectivity index (χ3v) is 5.93. The van der Waals surface area contributed by atoms with Crippen LogP contribution in [0.2, 0.25) is 0 Å². The quantitative estimate of drug-likeness (QED) is 0.446. The molecule has 0 atom stereocenters. The number of aromatic nitrogens is 2. The van der Waals surface area contributed by atoms with Gasteiger partial charge in [0.25, 0.3) is 0 Å². The SMILES string of the molecule is CNCc1cc(OCc2cc(C(=O)OCc3ccccc3)ccc2F)n(CC2CCCC2)n1. The number of nitrogens with one attached hydrogen (secondary N) is 1. The van der Waals surface area contributed by atoms with Crippen LogP contribution in [0.15, 0.2) is 54.6 Å². The minimum Gasteiger partial charge on any atom is -0.473 e. The highest BCUT2D eigenvalue weighted by atomic mass is 19.1. The van der Waals surface area contributed by atoms with Crippen molar-refractivity contribution in [3.8, 4) is 5.88 Å². The van der Waals surface area contributed by atoms with Gasteiger partial charge >= 0.3 is 5.97 Å². The predicted molar refractivity (Wildman–Crippen MR) is 123 cm³/mol. The second kappa shape index (κ2) is 11.1. The fourth-order valence-corrected chi connectivity index (χ4v) is 4.17. The van der Waals surface area contributed by atoms with Crippen molar-refractivity contribution < 1.29 is 18.7 Å². The van der Waals surface area contributed by atoms with Gasteiger partial charge in [-0.05, 0) is 49.6 Å². The molecule has 174 valence electrons. The third-order valence-electron chi connectivity index (χ3n) is 5.93. The van der Waals surface area contributed by atoms with Gasteiger partial charge in [-0.25, -0.2) is 13.9 Å². The topological polar surface area (TPSA) is 65.4 Å². The van der Waals surface area contributed by atoms with Gasteiger partial charge < -0.3 is 14.8 Å². The molecular weight excluding hydrogens is 421 g/mol. The number of ether oxygens (including phenoxy) is 2. The van der Waals surface area contributed by atoms with Gasteiger partial charge in [0.2, 0.25) is 5.88 Å². The van der Waals surface area contributed by atoms with Crippen molar-refractivity contribution >= 4 is 5.97 Å². The van der Waals surface area contributed by atoms with E-state index in [1.54, 1.807) is 0 Å². The largest absolute Gasteiger partial charge is 0.473 e. The molecule has 33 heavy (non-hydrogen) atoms. The maximum Gasteiger partial charge on any atom is 0.338 e. The zero-order valence-corrected chi connectivity index (χ0v) is 18.9. The van der Waals surface area contributed by atoms with Gasteiger partial charge in [0.15, 0.2) is 0 Å². The van der Waals surface area contributed by atoms with Crippen LogP contribution in [0, 0.1) is 11.7 Å². The van der Waals surface area contributed by atoms with Crippen LogP contribution >= 0.6 is 0 Å². The van der Waals surface area contributed by atoms with E-state index in [4.69, 9.17) is 9.47 Å². The molecule has 4 rings (SSSR count). The zero-order chi connectivity index (χ0) is 23.0. The van der Waals surface area contributed by atoms with Crippen LogP contribution in [0.1, 0.15) is 52.9 Å². The van der Waals surface area contributed by atoms with Crippen molar-refractivity contribution in [3.05, 3.63) is 82.8 Å². The highest BCUT2D eigenvalue weighted by Gasteiger charge is 2.19. The Labute approximate surface area is 193 Å². The van der Waals surface area contributed by atoms with Crippen LogP contribution in [0.3, 0.4) is 0 Å². The highest BCUT2D eigenvalue weighted by molar-refractivity contribution is 5.89. The number of carbonyl (C=O) groups excluding carboxylic acids is 1. The van der Waals surface area contributed by atoms with E-state index < -0.39 is 11.8 Å². The highest BCUT2D eigenvalue weighted by Crippen LogP contribution is 2.28. The molecule has 0 bridgehead atoms. The van der Waals surface area contributed by atoms with E-state index in [9.17, 15) is 9.18 Å². The molecule has 1 aromatic heterocycles. The van der Waals surface area contributed by atoms with Crippen molar-refractivity contribution in [2.75, 3.05) is 7.05 Å². The molecule has 2 aromatic carbocycles. The first-order valence-electron chi connectivity index (χ1n) is 11.5. The second-order valence-corrected chi connectivity index (χ2v) is 8.49. The van der Waals surface area contributed by atoms with Crippen LogP contribution in [-0.4, -0.2) is 22.8 Å². The van der Waals surface area contributed by atoms with E-state index in [0.717, 1.165) is 17.8 Å². The lowest BCUT2D eigenvalue weighted by Crippen LogP contribution is -2.13. The number of benzene rings is 2. The number of rotatable bonds is 10. The zero-order valence-electron chi connectivity index (χ0n) is 18.9. The first kappa shape index (κ1) is 23.0. The van der Waals surface area contributed by atoms with Gasteiger partial charge in [-0.15, -0.1) is 0 Å². The molecule has 0 amide bonds. The molecule has 1 heterocycles. The minimum absolute atomic E-state index is 0.000984. The lowest BCUT2D eigenvalue weighted by molar-refractivity contribution is 0.0472. The maximum atomic E-state index is 14.5. The molecule has 1 fully saturated rings. The van der Waals surface area contributed by atoms with Crippen molar-refractivity contribution in [1.82, 2.24) is 15.1 Å². The van der Waals surface area contributed by atoms with E-state index >= 15 is 0 Å². The first-order valence-corrected chi connectivity index (χ1v) is 11.5. The van der Waals surface area contributed by atoms with Crippen LogP contribution in [0.4, 0.5) is 4.39 Å². The van der Waals surface area contributed by atoms with Gasteiger partial charge in [-0.2, -0.15) is 5.10 Å².